The highest BCUT2D eigenvalue weighted by molar-refractivity contribution is 6.00. The fourth-order valence-corrected chi connectivity index (χ4v) is 2.67. The minimum absolute atomic E-state index is 0.0878. The fourth-order valence-electron chi connectivity index (χ4n) is 2.67. The number of hydrogen-bond acceptors (Lipinski definition) is 8. The average Bonchev–Trinajstić information content (AvgIpc) is 2.70. The second-order valence-corrected chi connectivity index (χ2v) is 5.96. The van der Waals surface area contributed by atoms with E-state index in [1.54, 1.807) is 6.92 Å². The first-order valence-electron chi connectivity index (χ1n) is 8.33. The number of esters is 1. The summed E-state index contributed by atoms with van der Waals surface area (Å²) in [4.78, 5) is 35.0. The lowest BCUT2D eigenvalue weighted by Crippen LogP contribution is -2.18. The van der Waals surface area contributed by atoms with E-state index in [0.717, 1.165) is 0 Å². The maximum Gasteiger partial charge on any atom is 0.338 e. The molecule has 3 rings (SSSR count). The molecule has 0 radical (unpaired) electrons. The summed E-state index contributed by atoms with van der Waals surface area (Å²) in [7, 11) is 1.43. The van der Waals surface area contributed by atoms with Crippen molar-refractivity contribution < 1.29 is 33.5 Å². The van der Waals surface area contributed by atoms with E-state index in [-0.39, 0.29) is 16.8 Å². The molecule has 0 N–H and O–H groups in total. The number of benzene rings is 2. The maximum atomic E-state index is 12.3. The Labute approximate surface area is 159 Å². The lowest BCUT2D eigenvalue weighted by atomic mass is 10.1. The summed E-state index contributed by atoms with van der Waals surface area (Å²) in [5.74, 6) is -0.262. The van der Waals surface area contributed by atoms with E-state index in [1.807, 2.05) is 0 Å². The van der Waals surface area contributed by atoms with Crippen LogP contribution in [0.4, 0.5) is 5.69 Å². The largest absolute Gasteiger partial charge is 0.493 e. The highest BCUT2D eigenvalue weighted by Crippen LogP contribution is 2.40. The van der Waals surface area contributed by atoms with Crippen LogP contribution in [0.5, 0.6) is 17.2 Å². The highest BCUT2D eigenvalue weighted by atomic mass is 16.6. The predicted octanol–water partition coefficient (Wildman–Crippen LogP) is 2.72. The number of nitrogens with zero attached hydrogens (tertiary/aromatic N) is 1. The molecule has 28 heavy (non-hydrogen) atoms. The Kier molecular flexibility index (Phi) is 5.44. The van der Waals surface area contributed by atoms with Gasteiger partial charge < -0.3 is 18.9 Å². The molecule has 0 bridgehead atoms. The first kappa shape index (κ1) is 19.2. The van der Waals surface area contributed by atoms with Crippen LogP contribution in [0.1, 0.15) is 26.3 Å². The minimum Gasteiger partial charge on any atom is -0.493 e. The zero-order valence-electron chi connectivity index (χ0n) is 15.2. The lowest BCUT2D eigenvalue weighted by Gasteiger charge is -2.21. The molecule has 146 valence electrons. The van der Waals surface area contributed by atoms with Crippen molar-refractivity contribution in [3.8, 4) is 17.2 Å². The number of carbonyl (C=O) groups is 2. The van der Waals surface area contributed by atoms with Crippen LogP contribution in [-0.4, -0.2) is 43.6 Å². The normalized spacial score (nSPS) is 12.2. The molecule has 9 nitrogen and oxygen atoms in total. The van der Waals surface area contributed by atoms with Gasteiger partial charge in [-0.1, -0.05) is 12.1 Å². The lowest BCUT2D eigenvalue weighted by molar-refractivity contribution is -0.385. The molecule has 0 unspecified atom stereocenters. The van der Waals surface area contributed by atoms with Gasteiger partial charge in [-0.2, -0.15) is 0 Å². The molecule has 1 aliphatic rings. The average molecular weight is 387 g/mol. The number of hydrogen-bond donors (Lipinski definition) is 0. The third kappa shape index (κ3) is 3.88. The van der Waals surface area contributed by atoms with Gasteiger partial charge in [0.25, 0.3) is 5.69 Å². The molecule has 9 heteroatoms. The van der Waals surface area contributed by atoms with Gasteiger partial charge in [0.05, 0.1) is 17.6 Å². The van der Waals surface area contributed by atoms with E-state index in [1.165, 1.54) is 37.4 Å². The standard InChI is InChI=1S/C19H17NO8/c1-11-3-4-12(7-14(11)20(23)24)15(21)10-28-19(22)13-8-16(25-2)18-17(9-13)26-5-6-27-18/h3-4,7-9H,5-6,10H2,1-2H3. The Balaban J connectivity index is 1.73. The fraction of sp³-hybridized carbons (Fsp3) is 0.263. The molecule has 1 heterocycles. The molecular formula is C19H17NO8. The number of Topliss-reactive ketones (excluding diaryl/α,β-unsaturated/α-hetero) is 1. The van der Waals surface area contributed by atoms with Gasteiger partial charge >= 0.3 is 5.97 Å². The molecule has 0 aromatic heterocycles. The van der Waals surface area contributed by atoms with Crippen molar-refractivity contribution in [1.82, 2.24) is 0 Å². The third-order valence-corrected chi connectivity index (χ3v) is 4.13. The van der Waals surface area contributed by atoms with Crippen LogP contribution in [0.3, 0.4) is 0 Å². The topological polar surface area (TPSA) is 114 Å². The molecule has 0 aliphatic carbocycles. The van der Waals surface area contributed by atoms with Gasteiger partial charge in [-0.25, -0.2) is 4.79 Å². The van der Waals surface area contributed by atoms with Gasteiger partial charge in [0.1, 0.15) is 13.2 Å². The van der Waals surface area contributed by atoms with Crippen molar-refractivity contribution in [3.63, 3.8) is 0 Å². The van der Waals surface area contributed by atoms with Gasteiger partial charge in [0.15, 0.2) is 18.1 Å². The number of carbonyl (C=O) groups excluding carboxylic acids is 2. The Hall–Kier alpha value is -3.62. The maximum absolute atomic E-state index is 12.3. The van der Waals surface area contributed by atoms with Crippen molar-refractivity contribution >= 4 is 17.4 Å². The van der Waals surface area contributed by atoms with Crippen LogP contribution < -0.4 is 14.2 Å². The zero-order valence-corrected chi connectivity index (χ0v) is 15.2. The van der Waals surface area contributed by atoms with Crippen molar-refractivity contribution in [2.75, 3.05) is 26.9 Å². The Morgan fingerprint density at radius 2 is 1.89 bits per heavy atom. The smallest absolute Gasteiger partial charge is 0.338 e. The van der Waals surface area contributed by atoms with Crippen LogP contribution >= 0.6 is 0 Å². The molecular weight excluding hydrogens is 370 g/mol. The molecule has 1 aliphatic heterocycles. The Morgan fingerprint density at radius 1 is 1.14 bits per heavy atom. The van der Waals surface area contributed by atoms with Crippen molar-refractivity contribution in [2.45, 2.75) is 6.92 Å². The summed E-state index contributed by atoms with van der Waals surface area (Å²) in [6.45, 7) is 1.71. The minimum atomic E-state index is -0.759. The van der Waals surface area contributed by atoms with E-state index < -0.39 is 23.3 Å². The summed E-state index contributed by atoms with van der Waals surface area (Å²) in [5, 5.41) is 11.0. The number of methoxy groups -OCH3 is 1. The van der Waals surface area contributed by atoms with Gasteiger partial charge in [-0.15, -0.1) is 0 Å². The van der Waals surface area contributed by atoms with Gasteiger partial charge in [0.2, 0.25) is 11.5 Å². The molecule has 0 atom stereocenters. The summed E-state index contributed by atoms with van der Waals surface area (Å²) >= 11 is 0. The van der Waals surface area contributed by atoms with Crippen molar-refractivity contribution in [2.24, 2.45) is 0 Å². The number of fused-ring (bicyclic) bond motifs is 1. The SMILES string of the molecule is COc1cc(C(=O)OCC(=O)c2ccc(C)c([N+](=O)[O-])c2)cc2c1OCCO2. The summed E-state index contributed by atoms with van der Waals surface area (Å²) in [6, 6.07) is 6.96. The first-order valence-corrected chi connectivity index (χ1v) is 8.33. The van der Waals surface area contributed by atoms with Gasteiger partial charge in [0, 0.05) is 17.2 Å². The number of ketones is 1. The van der Waals surface area contributed by atoms with E-state index in [2.05, 4.69) is 0 Å². The number of nitro groups is 1. The van der Waals surface area contributed by atoms with Gasteiger partial charge in [-0.3, -0.25) is 14.9 Å². The molecule has 0 amide bonds. The van der Waals surface area contributed by atoms with E-state index in [9.17, 15) is 19.7 Å². The van der Waals surface area contributed by atoms with E-state index >= 15 is 0 Å². The summed E-state index contributed by atoms with van der Waals surface area (Å²) in [6.07, 6.45) is 0. The van der Waals surface area contributed by atoms with Crippen LogP contribution in [0, 0.1) is 17.0 Å². The monoisotopic (exact) mass is 387 g/mol. The van der Waals surface area contributed by atoms with E-state index in [0.29, 0.717) is 36.0 Å². The zero-order chi connectivity index (χ0) is 20.3. The number of nitro benzene ring substituents is 1. The van der Waals surface area contributed by atoms with Crippen molar-refractivity contribution in [1.29, 1.82) is 0 Å². The Morgan fingerprint density at radius 3 is 2.61 bits per heavy atom. The predicted molar refractivity (Wildman–Crippen MR) is 96.4 cm³/mol. The Bertz CT molecular complexity index is 936. The molecule has 0 fully saturated rings. The highest BCUT2D eigenvalue weighted by Gasteiger charge is 2.22. The molecule has 2 aromatic carbocycles. The van der Waals surface area contributed by atoms with Crippen LogP contribution in [0.2, 0.25) is 0 Å². The third-order valence-electron chi connectivity index (χ3n) is 4.13. The quantitative estimate of drug-likeness (QED) is 0.322. The summed E-state index contributed by atoms with van der Waals surface area (Å²) < 4.78 is 21.2. The second kappa shape index (κ2) is 7.95. The molecule has 2 aromatic rings. The van der Waals surface area contributed by atoms with Gasteiger partial charge in [-0.05, 0) is 19.1 Å². The number of aryl methyl sites for hydroxylation is 1. The molecule has 0 spiro atoms. The summed E-state index contributed by atoms with van der Waals surface area (Å²) in [5.41, 5.74) is 0.476. The number of rotatable bonds is 6. The molecule has 0 saturated carbocycles. The van der Waals surface area contributed by atoms with Crippen LogP contribution in [-0.2, 0) is 4.74 Å². The van der Waals surface area contributed by atoms with Crippen LogP contribution in [0.15, 0.2) is 30.3 Å². The van der Waals surface area contributed by atoms with E-state index in [4.69, 9.17) is 18.9 Å². The molecule has 0 saturated heterocycles. The second-order valence-electron chi connectivity index (χ2n) is 5.96. The number of ether oxygens (including phenoxy) is 4. The van der Waals surface area contributed by atoms with Crippen molar-refractivity contribution in [3.05, 3.63) is 57.1 Å². The van der Waals surface area contributed by atoms with Crippen LogP contribution in [0.25, 0.3) is 0 Å². The first-order chi connectivity index (χ1) is 13.4.